The zero-order valence-corrected chi connectivity index (χ0v) is 6.03. The van der Waals surface area contributed by atoms with Gasteiger partial charge in [-0.3, -0.25) is 0 Å². The predicted octanol–water partition coefficient (Wildman–Crippen LogP) is 1.37. The Morgan fingerprint density at radius 2 is 2.45 bits per heavy atom. The molecule has 0 aliphatic carbocycles. The number of aromatic nitrogens is 3. The van der Waals surface area contributed by atoms with Gasteiger partial charge in [0, 0.05) is 6.07 Å². The van der Waals surface area contributed by atoms with E-state index in [2.05, 4.69) is 15.1 Å². The van der Waals surface area contributed by atoms with E-state index in [1.807, 2.05) is 13.0 Å². The summed E-state index contributed by atoms with van der Waals surface area (Å²) in [5.41, 5.74) is 1.67. The normalized spacial score (nSPS) is 10.3. The fourth-order valence-electron chi connectivity index (χ4n) is 0.889. The highest BCUT2D eigenvalue weighted by Crippen LogP contribution is 2.14. The van der Waals surface area contributed by atoms with Crippen LogP contribution in [0, 0.1) is 6.92 Å². The first-order valence-electron chi connectivity index (χ1n) is 3.28. The second-order valence-corrected chi connectivity index (χ2v) is 2.29. The second-order valence-electron chi connectivity index (χ2n) is 2.29. The summed E-state index contributed by atoms with van der Waals surface area (Å²) >= 11 is 0. The molecule has 0 amide bonds. The highest BCUT2D eigenvalue weighted by atomic mass is 16.5. The molecule has 0 aliphatic heterocycles. The molecule has 2 heterocycles. The molecule has 1 N–H and O–H groups in total. The second kappa shape index (κ2) is 2.23. The minimum absolute atomic E-state index is 0.792. The van der Waals surface area contributed by atoms with E-state index in [0.29, 0.717) is 0 Å². The monoisotopic (exact) mass is 149 g/mol. The Balaban J connectivity index is 2.45. The van der Waals surface area contributed by atoms with Crippen molar-refractivity contribution in [2.75, 3.05) is 0 Å². The summed E-state index contributed by atoms with van der Waals surface area (Å²) in [7, 11) is 0. The minimum Gasteiger partial charge on any atom is -0.361 e. The van der Waals surface area contributed by atoms with Gasteiger partial charge in [0.25, 0.3) is 0 Å². The maximum absolute atomic E-state index is 4.89. The van der Waals surface area contributed by atoms with Crippen molar-refractivity contribution in [3.63, 3.8) is 0 Å². The number of nitrogens with one attached hydrogen (secondary N) is 1. The van der Waals surface area contributed by atoms with Gasteiger partial charge in [-0.05, 0) is 6.92 Å². The molecule has 2 aromatic heterocycles. The highest BCUT2D eigenvalue weighted by Gasteiger charge is 2.02. The molecule has 0 unspecified atom stereocenters. The number of hydrogen-bond donors (Lipinski definition) is 1. The summed E-state index contributed by atoms with van der Waals surface area (Å²) in [6.07, 6.45) is 3.32. The molecule has 0 atom stereocenters. The van der Waals surface area contributed by atoms with Crippen LogP contribution in [0.3, 0.4) is 0 Å². The third-order valence-electron chi connectivity index (χ3n) is 1.40. The van der Waals surface area contributed by atoms with Crippen molar-refractivity contribution in [2.45, 2.75) is 6.92 Å². The van der Waals surface area contributed by atoms with E-state index in [-0.39, 0.29) is 0 Å². The van der Waals surface area contributed by atoms with Crippen molar-refractivity contribution < 1.29 is 4.52 Å². The molecule has 0 aromatic carbocycles. The first-order valence-corrected chi connectivity index (χ1v) is 3.28. The van der Waals surface area contributed by atoms with Crippen LogP contribution in [0.4, 0.5) is 0 Å². The maximum atomic E-state index is 4.89. The molecule has 0 radical (unpaired) electrons. The van der Waals surface area contributed by atoms with Crippen LogP contribution >= 0.6 is 0 Å². The molecule has 0 bridgehead atoms. The Bertz CT molecular complexity index is 336. The standard InChI is InChI=1S/C7H7N3O/c1-5-2-6(10-11-5)7-3-8-4-9-7/h2-4H,1H3,(H,8,9). The van der Waals surface area contributed by atoms with Gasteiger partial charge >= 0.3 is 0 Å². The minimum atomic E-state index is 0.792. The average Bonchev–Trinajstić information content (AvgIpc) is 2.55. The predicted molar refractivity (Wildman–Crippen MR) is 38.8 cm³/mol. The smallest absolute Gasteiger partial charge is 0.134 e. The molecule has 0 aliphatic rings. The molecular formula is C7H7N3O. The van der Waals surface area contributed by atoms with Gasteiger partial charge in [0.1, 0.15) is 11.5 Å². The fraction of sp³-hybridized carbons (Fsp3) is 0.143. The van der Waals surface area contributed by atoms with E-state index in [0.717, 1.165) is 17.1 Å². The van der Waals surface area contributed by atoms with Gasteiger partial charge in [0.05, 0.1) is 18.2 Å². The fourth-order valence-corrected chi connectivity index (χ4v) is 0.889. The van der Waals surface area contributed by atoms with E-state index in [4.69, 9.17) is 4.52 Å². The van der Waals surface area contributed by atoms with Crippen LogP contribution in [0.1, 0.15) is 5.76 Å². The van der Waals surface area contributed by atoms with Crippen LogP contribution in [0.15, 0.2) is 23.1 Å². The van der Waals surface area contributed by atoms with E-state index >= 15 is 0 Å². The molecule has 4 heteroatoms. The van der Waals surface area contributed by atoms with Crippen LogP contribution < -0.4 is 0 Å². The number of hydrogen-bond acceptors (Lipinski definition) is 3. The average molecular weight is 149 g/mol. The number of H-pyrrole nitrogens is 1. The van der Waals surface area contributed by atoms with Gasteiger partial charge in [-0.15, -0.1) is 0 Å². The Kier molecular flexibility index (Phi) is 1.25. The van der Waals surface area contributed by atoms with Gasteiger partial charge in [-0.2, -0.15) is 0 Å². The van der Waals surface area contributed by atoms with Crippen molar-refractivity contribution in [3.05, 3.63) is 24.4 Å². The van der Waals surface area contributed by atoms with E-state index < -0.39 is 0 Å². The topological polar surface area (TPSA) is 54.7 Å². The van der Waals surface area contributed by atoms with E-state index in [9.17, 15) is 0 Å². The van der Waals surface area contributed by atoms with Crippen molar-refractivity contribution >= 4 is 0 Å². The van der Waals surface area contributed by atoms with Gasteiger partial charge in [-0.1, -0.05) is 5.16 Å². The molecular weight excluding hydrogens is 142 g/mol. The Morgan fingerprint density at radius 1 is 1.55 bits per heavy atom. The van der Waals surface area contributed by atoms with Crippen LogP contribution in [0.2, 0.25) is 0 Å². The number of aromatic amines is 1. The van der Waals surface area contributed by atoms with Gasteiger partial charge in [0.2, 0.25) is 0 Å². The summed E-state index contributed by atoms with van der Waals surface area (Å²) < 4.78 is 4.89. The number of aryl methyl sites for hydroxylation is 1. The van der Waals surface area contributed by atoms with Gasteiger partial charge in [-0.25, -0.2) is 4.98 Å². The van der Waals surface area contributed by atoms with E-state index in [1.165, 1.54) is 0 Å². The van der Waals surface area contributed by atoms with Crippen LogP contribution in [-0.4, -0.2) is 15.1 Å². The van der Waals surface area contributed by atoms with Gasteiger partial charge in [0.15, 0.2) is 0 Å². The van der Waals surface area contributed by atoms with E-state index in [1.54, 1.807) is 12.5 Å². The lowest BCUT2D eigenvalue weighted by atomic mass is 10.3. The van der Waals surface area contributed by atoms with Crippen molar-refractivity contribution in [2.24, 2.45) is 0 Å². The first kappa shape index (κ1) is 6.15. The third kappa shape index (κ3) is 1.02. The molecule has 11 heavy (non-hydrogen) atoms. The molecule has 2 aromatic rings. The highest BCUT2D eigenvalue weighted by molar-refractivity contribution is 5.51. The van der Waals surface area contributed by atoms with Crippen LogP contribution in [0.5, 0.6) is 0 Å². The van der Waals surface area contributed by atoms with Crippen LogP contribution in [0.25, 0.3) is 11.4 Å². The molecule has 56 valence electrons. The zero-order valence-electron chi connectivity index (χ0n) is 6.03. The maximum Gasteiger partial charge on any atom is 0.134 e. The number of rotatable bonds is 1. The van der Waals surface area contributed by atoms with Crippen LogP contribution in [-0.2, 0) is 0 Å². The lowest BCUT2D eigenvalue weighted by molar-refractivity contribution is 0.399. The quantitative estimate of drug-likeness (QED) is 0.666. The SMILES string of the molecule is Cc1cc(-c2cnc[nH]2)no1. The first-order chi connectivity index (χ1) is 5.36. The molecule has 0 saturated heterocycles. The summed E-state index contributed by atoms with van der Waals surface area (Å²) in [4.78, 5) is 6.80. The number of nitrogens with zero attached hydrogens (tertiary/aromatic N) is 2. The molecule has 4 nitrogen and oxygen atoms in total. The molecule has 0 spiro atoms. The Morgan fingerprint density at radius 3 is 3.00 bits per heavy atom. The summed E-state index contributed by atoms with van der Waals surface area (Å²) in [5, 5.41) is 3.81. The number of imidazole rings is 1. The lowest BCUT2D eigenvalue weighted by Gasteiger charge is -1.82. The Hall–Kier alpha value is -1.58. The third-order valence-corrected chi connectivity index (χ3v) is 1.40. The summed E-state index contributed by atoms with van der Waals surface area (Å²) in [6.45, 7) is 1.85. The molecule has 0 fully saturated rings. The van der Waals surface area contributed by atoms with Gasteiger partial charge < -0.3 is 9.51 Å². The lowest BCUT2D eigenvalue weighted by Crippen LogP contribution is -1.73. The zero-order chi connectivity index (χ0) is 7.68. The summed E-state index contributed by atoms with van der Waals surface area (Å²) in [6, 6.07) is 1.85. The Labute approximate surface area is 63.2 Å². The van der Waals surface area contributed by atoms with Crippen molar-refractivity contribution in [1.82, 2.24) is 15.1 Å². The molecule has 2 rings (SSSR count). The summed E-state index contributed by atoms with van der Waals surface area (Å²) in [5.74, 6) is 0.801. The molecule has 0 saturated carbocycles. The van der Waals surface area contributed by atoms with Crippen molar-refractivity contribution in [1.29, 1.82) is 0 Å². The largest absolute Gasteiger partial charge is 0.361 e. The van der Waals surface area contributed by atoms with Crippen molar-refractivity contribution in [3.8, 4) is 11.4 Å².